The first-order valence-electron chi connectivity index (χ1n) is 5.99. The van der Waals surface area contributed by atoms with E-state index in [2.05, 4.69) is 54.2 Å². The molecule has 1 N–H and O–H groups in total. The van der Waals surface area contributed by atoms with Crippen molar-refractivity contribution in [3.63, 3.8) is 0 Å². The van der Waals surface area contributed by atoms with Crippen LogP contribution >= 0.6 is 0 Å². The second-order valence-corrected chi connectivity index (χ2v) is 4.83. The third-order valence-electron chi connectivity index (χ3n) is 3.83. The molecule has 2 nitrogen and oxygen atoms in total. The van der Waals surface area contributed by atoms with Crippen LogP contribution in [0.5, 0.6) is 0 Å². The molecule has 0 bridgehead atoms. The van der Waals surface area contributed by atoms with E-state index in [9.17, 15) is 0 Å². The Morgan fingerprint density at radius 2 is 2.18 bits per heavy atom. The summed E-state index contributed by atoms with van der Waals surface area (Å²) in [5.41, 5.74) is 5.44. The van der Waals surface area contributed by atoms with Crippen molar-refractivity contribution in [1.82, 2.24) is 9.97 Å². The van der Waals surface area contributed by atoms with Crippen LogP contribution in [0.15, 0.2) is 42.9 Å². The van der Waals surface area contributed by atoms with Crippen LogP contribution in [-0.2, 0) is 11.8 Å². The van der Waals surface area contributed by atoms with Crippen LogP contribution in [0.2, 0.25) is 0 Å². The molecule has 2 heteroatoms. The smallest absolute Gasteiger partial charge is 0.0922 e. The number of nitrogens with zero attached hydrogens (tertiary/aromatic N) is 1. The lowest BCUT2D eigenvalue weighted by Gasteiger charge is -2.24. The molecule has 0 saturated carbocycles. The highest BCUT2D eigenvalue weighted by Gasteiger charge is 2.39. The average molecular weight is 224 g/mol. The molecule has 1 heterocycles. The summed E-state index contributed by atoms with van der Waals surface area (Å²) in [5, 5.41) is 0. The predicted octanol–water partition coefficient (Wildman–Crippen LogP) is 3.33. The number of hydrogen-bond acceptors (Lipinski definition) is 1. The van der Waals surface area contributed by atoms with E-state index in [-0.39, 0.29) is 5.41 Å². The number of nitrogens with one attached hydrogen (secondary N) is 1. The monoisotopic (exact) mass is 224 g/mol. The number of fused-ring (bicyclic) bond motifs is 1. The van der Waals surface area contributed by atoms with Crippen molar-refractivity contribution in [1.29, 1.82) is 0 Å². The van der Waals surface area contributed by atoms with E-state index in [1.165, 1.54) is 22.4 Å². The summed E-state index contributed by atoms with van der Waals surface area (Å²) in [6, 6.07) is 8.67. The predicted molar refractivity (Wildman–Crippen MR) is 69.7 cm³/mol. The van der Waals surface area contributed by atoms with Crippen LogP contribution in [0, 0.1) is 0 Å². The molecule has 1 unspecified atom stereocenters. The summed E-state index contributed by atoms with van der Waals surface area (Å²) in [5.74, 6) is 0. The standard InChI is InChI=1S/C15H16N2/c1-3-13-12-7-5-4-6-11(12)8-15(13,2)14-9-16-10-17-14/h3-7,9-10H,8H2,1-2H3,(H,16,17)/b13-3+. The van der Waals surface area contributed by atoms with Crippen LogP contribution in [-0.4, -0.2) is 9.97 Å². The molecule has 0 saturated heterocycles. The van der Waals surface area contributed by atoms with Gasteiger partial charge in [-0.25, -0.2) is 4.98 Å². The van der Waals surface area contributed by atoms with Crippen molar-refractivity contribution in [2.75, 3.05) is 0 Å². The van der Waals surface area contributed by atoms with E-state index >= 15 is 0 Å². The Labute approximate surface area is 101 Å². The maximum absolute atomic E-state index is 4.16. The Morgan fingerprint density at radius 1 is 1.35 bits per heavy atom. The van der Waals surface area contributed by atoms with Gasteiger partial charge in [-0.3, -0.25) is 0 Å². The lowest BCUT2D eigenvalue weighted by atomic mass is 9.80. The zero-order chi connectivity index (χ0) is 11.9. The molecule has 1 atom stereocenters. The van der Waals surface area contributed by atoms with Gasteiger partial charge in [0.1, 0.15) is 0 Å². The van der Waals surface area contributed by atoms with Gasteiger partial charge in [-0.2, -0.15) is 0 Å². The van der Waals surface area contributed by atoms with E-state index in [0.717, 1.165) is 6.42 Å². The zero-order valence-electron chi connectivity index (χ0n) is 10.2. The van der Waals surface area contributed by atoms with E-state index in [4.69, 9.17) is 0 Å². The quantitative estimate of drug-likeness (QED) is 0.790. The second-order valence-electron chi connectivity index (χ2n) is 4.83. The molecule has 17 heavy (non-hydrogen) atoms. The molecular formula is C15H16N2. The highest BCUT2D eigenvalue weighted by Crippen LogP contribution is 2.47. The van der Waals surface area contributed by atoms with Gasteiger partial charge < -0.3 is 4.98 Å². The highest BCUT2D eigenvalue weighted by molar-refractivity contribution is 5.81. The zero-order valence-corrected chi connectivity index (χ0v) is 10.2. The number of aromatic amines is 1. The van der Waals surface area contributed by atoms with E-state index in [0.29, 0.717) is 0 Å². The fourth-order valence-electron chi connectivity index (χ4n) is 2.98. The van der Waals surface area contributed by atoms with Gasteiger partial charge in [-0.05, 0) is 37.0 Å². The molecule has 1 aromatic heterocycles. The minimum atomic E-state index is 0.0366. The molecule has 0 aliphatic heterocycles. The number of rotatable bonds is 1. The minimum absolute atomic E-state index is 0.0366. The number of allylic oxidation sites excluding steroid dienone is 2. The van der Waals surface area contributed by atoms with Crippen molar-refractivity contribution >= 4 is 5.57 Å². The first-order valence-corrected chi connectivity index (χ1v) is 5.99. The van der Waals surface area contributed by atoms with Crippen molar-refractivity contribution in [2.24, 2.45) is 0 Å². The van der Waals surface area contributed by atoms with Crippen LogP contribution < -0.4 is 0 Å². The second kappa shape index (κ2) is 3.59. The molecule has 2 aromatic rings. The molecule has 0 radical (unpaired) electrons. The first kappa shape index (κ1) is 10.3. The third-order valence-corrected chi connectivity index (χ3v) is 3.83. The SMILES string of the molecule is C/C=C1\c2ccccc2CC1(C)c1cnc[nH]1. The number of benzene rings is 1. The van der Waals surface area contributed by atoms with Crippen molar-refractivity contribution < 1.29 is 0 Å². The van der Waals surface area contributed by atoms with Gasteiger partial charge in [0.15, 0.2) is 0 Å². The maximum atomic E-state index is 4.16. The molecule has 1 aromatic carbocycles. The van der Waals surface area contributed by atoms with Gasteiger partial charge >= 0.3 is 0 Å². The minimum Gasteiger partial charge on any atom is -0.348 e. The lowest BCUT2D eigenvalue weighted by molar-refractivity contribution is 0.618. The molecule has 0 fully saturated rings. The molecule has 0 amide bonds. The molecule has 3 rings (SSSR count). The van der Waals surface area contributed by atoms with Gasteiger partial charge in [0, 0.05) is 17.3 Å². The fraction of sp³-hybridized carbons (Fsp3) is 0.267. The molecule has 86 valence electrons. The summed E-state index contributed by atoms with van der Waals surface area (Å²) in [4.78, 5) is 7.43. The maximum Gasteiger partial charge on any atom is 0.0922 e. The highest BCUT2D eigenvalue weighted by atomic mass is 14.9. The number of imidazole rings is 1. The van der Waals surface area contributed by atoms with Crippen molar-refractivity contribution in [3.8, 4) is 0 Å². The van der Waals surface area contributed by atoms with Crippen LogP contribution in [0.4, 0.5) is 0 Å². The van der Waals surface area contributed by atoms with E-state index in [1.54, 1.807) is 6.33 Å². The Bertz CT molecular complexity index is 566. The Morgan fingerprint density at radius 3 is 2.88 bits per heavy atom. The summed E-state index contributed by atoms with van der Waals surface area (Å²) in [6.45, 7) is 4.40. The van der Waals surface area contributed by atoms with Crippen molar-refractivity contribution in [3.05, 3.63) is 59.7 Å². The molecule has 1 aliphatic carbocycles. The summed E-state index contributed by atoms with van der Waals surface area (Å²) >= 11 is 0. The van der Waals surface area contributed by atoms with E-state index < -0.39 is 0 Å². The first-order chi connectivity index (χ1) is 8.25. The van der Waals surface area contributed by atoms with Crippen LogP contribution in [0.25, 0.3) is 5.57 Å². The Balaban J connectivity index is 2.18. The number of aromatic nitrogens is 2. The molecule has 0 spiro atoms. The van der Waals surface area contributed by atoms with Gasteiger partial charge in [0.05, 0.1) is 6.33 Å². The average Bonchev–Trinajstić information content (AvgIpc) is 2.94. The number of hydrogen-bond donors (Lipinski definition) is 1. The Hall–Kier alpha value is -1.83. The lowest BCUT2D eigenvalue weighted by Crippen LogP contribution is -2.21. The number of H-pyrrole nitrogens is 1. The summed E-state index contributed by atoms with van der Waals surface area (Å²) in [7, 11) is 0. The summed E-state index contributed by atoms with van der Waals surface area (Å²) in [6.07, 6.45) is 6.98. The van der Waals surface area contributed by atoms with E-state index in [1.807, 2.05) is 6.20 Å². The molecule has 1 aliphatic rings. The van der Waals surface area contributed by atoms with Gasteiger partial charge in [-0.1, -0.05) is 30.3 Å². The van der Waals surface area contributed by atoms with Gasteiger partial charge in [0.2, 0.25) is 0 Å². The Kier molecular flexibility index (Phi) is 2.18. The van der Waals surface area contributed by atoms with Crippen molar-refractivity contribution in [2.45, 2.75) is 25.7 Å². The normalized spacial score (nSPS) is 25.2. The topological polar surface area (TPSA) is 28.7 Å². The van der Waals surface area contributed by atoms with Gasteiger partial charge in [-0.15, -0.1) is 0 Å². The third kappa shape index (κ3) is 1.37. The van der Waals surface area contributed by atoms with Gasteiger partial charge in [0.25, 0.3) is 0 Å². The summed E-state index contributed by atoms with van der Waals surface area (Å²) < 4.78 is 0. The molecular weight excluding hydrogens is 208 g/mol. The fourth-order valence-corrected chi connectivity index (χ4v) is 2.98. The van der Waals surface area contributed by atoms with Crippen LogP contribution in [0.3, 0.4) is 0 Å². The largest absolute Gasteiger partial charge is 0.348 e. The van der Waals surface area contributed by atoms with Crippen LogP contribution in [0.1, 0.15) is 30.7 Å².